The van der Waals surface area contributed by atoms with Gasteiger partial charge in [0.2, 0.25) is 0 Å². The van der Waals surface area contributed by atoms with Crippen LogP contribution < -0.4 is 9.47 Å². The summed E-state index contributed by atoms with van der Waals surface area (Å²) in [5.41, 5.74) is 2.98. The van der Waals surface area contributed by atoms with Crippen LogP contribution in [0.25, 0.3) is 6.08 Å². The van der Waals surface area contributed by atoms with Gasteiger partial charge in [0.15, 0.2) is 11.5 Å². The Balaban J connectivity index is 1.51. The molecule has 3 aromatic rings. The van der Waals surface area contributed by atoms with E-state index in [1.54, 1.807) is 13.0 Å². The smallest absolute Gasteiger partial charge is 0.326 e. The summed E-state index contributed by atoms with van der Waals surface area (Å²) < 4.78 is 17.5. The summed E-state index contributed by atoms with van der Waals surface area (Å²) in [5.74, 6) is 0.387. The van der Waals surface area contributed by atoms with Crippen molar-refractivity contribution in [3.05, 3.63) is 100 Å². The van der Waals surface area contributed by atoms with Crippen molar-refractivity contribution in [3.8, 4) is 11.5 Å². The molecule has 6 nitrogen and oxygen atoms in total. The van der Waals surface area contributed by atoms with Gasteiger partial charge in [-0.3, -0.25) is 14.5 Å². The van der Waals surface area contributed by atoms with Gasteiger partial charge in [-0.15, -0.1) is 0 Å². The predicted molar refractivity (Wildman–Crippen MR) is 149 cm³/mol. The van der Waals surface area contributed by atoms with E-state index in [2.05, 4.69) is 12.1 Å². The summed E-state index contributed by atoms with van der Waals surface area (Å²) in [6.45, 7) is 2.64. The van der Waals surface area contributed by atoms with Crippen molar-refractivity contribution in [1.82, 2.24) is 4.90 Å². The van der Waals surface area contributed by atoms with Gasteiger partial charge in [-0.05, 0) is 41.8 Å². The first kappa shape index (κ1) is 26.4. The van der Waals surface area contributed by atoms with E-state index >= 15 is 0 Å². The molecule has 0 aromatic heterocycles. The number of carbonyl (C=O) groups excluding carboxylic acids is 2. The minimum Gasteiger partial charge on any atom is -0.489 e. The average Bonchev–Trinajstić information content (AvgIpc) is 3.17. The fourth-order valence-electron chi connectivity index (χ4n) is 3.63. The molecule has 4 rings (SSSR count). The third-order valence-electron chi connectivity index (χ3n) is 5.46. The molecule has 1 saturated heterocycles. The zero-order valence-electron chi connectivity index (χ0n) is 20.4. The average molecular weight is 534 g/mol. The molecule has 0 unspecified atom stereocenters. The number of esters is 1. The van der Waals surface area contributed by atoms with Gasteiger partial charge in [-0.2, -0.15) is 0 Å². The van der Waals surface area contributed by atoms with Crippen LogP contribution in [0.2, 0.25) is 0 Å². The molecule has 8 heteroatoms. The van der Waals surface area contributed by atoms with E-state index in [0.29, 0.717) is 33.9 Å². The van der Waals surface area contributed by atoms with E-state index in [-0.39, 0.29) is 19.1 Å². The Hall–Kier alpha value is -3.62. The van der Waals surface area contributed by atoms with Crippen LogP contribution in [0.4, 0.5) is 0 Å². The second-order valence-corrected chi connectivity index (χ2v) is 9.81. The van der Waals surface area contributed by atoms with E-state index in [4.69, 9.17) is 26.4 Å². The maximum atomic E-state index is 12.9. The molecule has 1 aliphatic rings. The Morgan fingerprint density at radius 2 is 1.65 bits per heavy atom. The predicted octanol–water partition coefficient (Wildman–Crippen LogP) is 5.65. The highest BCUT2D eigenvalue weighted by Crippen LogP contribution is 2.35. The number of thioether (sulfide) groups is 1. The number of hydrogen-bond acceptors (Lipinski definition) is 7. The van der Waals surface area contributed by atoms with Gasteiger partial charge in [0.1, 0.15) is 17.5 Å². The monoisotopic (exact) mass is 533 g/mol. The van der Waals surface area contributed by atoms with Crippen LogP contribution in [0.3, 0.4) is 0 Å². The summed E-state index contributed by atoms with van der Waals surface area (Å²) in [7, 11) is 0. The highest BCUT2D eigenvalue weighted by Gasteiger charge is 2.33. The molecule has 0 aliphatic carbocycles. The molecule has 1 amide bonds. The fourth-order valence-corrected chi connectivity index (χ4v) is 4.88. The molecule has 1 aliphatic heterocycles. The minimum absolute atomic E-state index is 0.199. The minimum atomic E-state index is -0.492. The lowest BCUT2D eigenvalue weighted by Gasteiger charge is -2.14. The fraction of sp³-hybridized carbons (Fsp3) is 0.207. The number of rotatable bonds is 11. The second-order valence-electron chi connectivity index (χ2n) is 8.14. The van der Waals surface area contributed by atoms with Gasteiger partial charge in [0, 0.05) is 6.42 Å². The Bertz CT molecular complexity index is 1280. The van der Waals surface area contributed by atoms with Crippen molar-refractivity contribution >= 4 is 46.3 Å². The topological polar surface area (TPSA) is 65.1 Å². The van der Waals surface area contributed by atoms with Gasteiger partial charge >= 0.3 is 5.97 Å². The molecule has 0 N–H and O–H groups in total. The standard InChI is InChI=1S/C29H27NO5S2/c1-2-33-27(31)19-30-28(32)26(37-29(30)36)18-23-13-14-24(34-16-15-21-9-5-3-6-10-21)25(17-23)35-20-22-11-7-4-8-12-22/h3-14,17-18H,2,15-16,19-20H2,1H3/b26-18-. The zero-order chi connectivity index (χ0) is 26.0. The normalized spacial score (nSPS) is 14.2. The molecule has 0 saturated carbocycles. The van der Waals surface area contributed by atoms with Crippen LogP contribution in [-0.2, 0) is 27.4 Å². The molecule has 37 heavy (non-hydrogen) atoms. The van der Waals surface area contributed by atoms with E-state index < -0.39 is 5.97 Å². The molecular formula is C29H27NO5S2. The molecule has 1 heterocycles. The molecule has 0 bridgehead atoms. The number of amides is 1. The molecule has 0 atom stereocenters. The third kappa shape index (κ3) is 7.44. The van der Waals surface area contributed by atoms with Crippen molar-refractivity contribution in [2.75, 3.05) is 19.8 Å². The summed E-state index contributed by atoms with van der Waals surface area (Å²) in [4.78, 5) is 26.4. The molecule has 0 spiro atoms. The van der Waals surface area contributed by atoms with Crippen LogP contribution in [-0.4, -0.2) is 40.9 Å². The number of ether oxygens (including phenoxy) is 3. The maximum absolute atomic E-state index is 12.9. The zero-order valence-corrected chi connectivity index (χ0v) is 22.1. The van der Waals surface area contributed by atoms with Crippen LogP contribution in [0.5, 0.6) is 11.5 Å². The van der Waals surface area contributed by atoms with Gasteiger partial charge in [0.05, 0.1) is 18.1 Å². The molecule has 190 valence electrons. The summed E-state index contributed by atoms with van der Waals surface area (Å²) in [6, 6.07) is 25.6. The van der Waals surface area contributed by atoms with Crippen molar-refractivity contribution in [1.29, 1.82) is 0 Å². The number of thiocarbonyl (C=S) groups is 1. The first-order valence-electron chi connectivity index (χ1n) is 11.9. The van der Waals surface area contributed by atoms with Crippen molar-refractivity contribution in [2.45, 2.75) is 20.0 Å². The lowest BCUT2D eigenvalue weighted by molar-refractivity contribution is -0.145. The number of benzene rings is 3. The lowest BCUT2D eigenvalue weighted by atomic mass is 10.1. The third-order valence-corrected chi connectivity index (χ3v) is 6.84. The summed E-state index contributed by atoms with van der Waals surface area (Å²) in [6.07, 6.45) is 2.51. The number of nitrogens with zero attached hydrogens (tertiary/aromatic N) is 1. The second kappa shape index (κ2) is 13.1. The SMILES string of the molecule is CCOC(=O)CN1C(=O)/C(=C/c2ccc(OCCc3ccccc3)c(OCc3ccccc3)c2)SC1=S. The van der Waals surface area contributed by atoms with E-state index in [0.717, 1.165) is 29.3 Å². The van der Waals surface area contributed by atoms with Crippen molar-refractivity contribution in [3.63, 3.8) is 0 Å². The van der Waals surface area contributed by atoms with Crippen LogP contribution in [0, 0.1) is 0 Å². The number of carbonyl (C=O) groups is 2. The summed E-state index contributed by atoms with van der Waals surface area (Å²) in [5, 5.41) is 0. The van der Waals surface area contributed by atoms with E-state index in [1.807, 2.05) is 66.7 Å². The highest BCUT2D eigenvalue weighted by molar-refractivity contribution is 8.26. The van der Waals surface area contributed by atoms with E-state index in [1.165, 1.54) is 10.5 Å². The molecular weight excluding hydrogens is 506 g/mol. The Kier molecular flexibility index (Phi) is 9.35. The van der Waals surface area contributed by atoms with Gasteiger partial charge in [-0.1, -0.05) is 90.7 Å². The molecule has 3 aromatic carbocycles. The highest BCUT2D eigenvalue weighted by atomic mass is 32.2. The van der Waals surface area contributed by atoms with Crippen LogP contribution in [0.1, 0.15) is 23.6 Å². The Morgan fingerprint density at radius 1 is 0.946 bits per heavy atom. The molecule has 0 radical (unpaired) electrons. The summed E-state index contributed by atoms with van der Waals surface area (Å²) >= 11 is 6.48. The largest absolute Gasteiger partial charge is 0.489 e. The van der Waals surface area contributed by atoms with Crippen molar-refractivity contribution < 1.29 is 23.8 Å². The van der Waals surface area contributed by atoms with E-state index in [9.17, 15) is 9.59 Å². The quantitative estimate of drug-likeness (QED) is 0.179. The van der Waals surface area contributed by atoms with Gasteiger partial charge in [-0.25, -0.2) is 0 Å². The maximum Gasteiger partial charge on any atom is 0.326 e. The Labute approximate surface area is 226 Å². The first-order chi connectivity index (χ1) is 18.0. The van der Waals surface area contributed by atoms with Crippen LogP contribution >= 0.6 is 24.0 Å². The van der Waals surface area contributed by atoms with Crippen LogP contribution in [0.15, 0.2) is 83.8 Å². The first-order valence-corrected chi connectivity index (χ1v) is 13.1. The van der Waals surface area contributed by atoms with Crippen molar-refractivity contribution in [2.24, 2.45) is 0 Å². The lowest BCUT2D eigenvalue weighted by Crippen LogP contribution is -2.34. The Morgan fingerprint density at radius 3 is 2.35 bits per heavy atom. The van der Waals surface area contributed by atoms with Gasteiger partial charge in [0.25, 0.3) is 5.91 Å². The molecule has 1 fully saturated rings. The van der Waals surface area contributed by atoms with Gasteiger partial charge < -0.3 is 14.2 Å². The number of hydrogen-bond donors (Lipinski definition) is 0.